The third-order valence-electron chi connectivity index (χ3n) is 2.88. The van der Waals surface area contributed by atoms with Crippen LogP contribution in [-0.4, -0.2) is 25.0 Å². The zero-order chi connectivity index (χ0) is 13.1. The Morgan fingerprint density at radius 1 is 1.28 bits per heavy atom. The van der Waals surface area contributed by atoms with Crippen molar-refractivity contribution in [3.63, 3.8) is 0 Å². The Hall–Kier alpha value is -2.04. The van der Waals surface area contributed by atoms with Gasteiger partial charge < -0.3 is 16.0 Å². The molecule has 0 heterocycles. The summed E-state index contributed by atoms with van der Waals surface area (Å²) in [5.74, 6) is -0.132. The largest absolute Gasteiger partial charge is 0.355 e. The molecule has 0 unspecified atom stereocenters. The molecule has 96 valence electrons. The summed E-state index contributed by atoms with van der Waals surface area (Å²) in [5.41, 5.74) is 2.17. The lowest BCUT2D eigenvalue weighted by Crippen LogP contribution is -2.30. The maximum Gasteiger partial charge on any atom is 0.319 e. The van der Waals surface area contributed by atoms with Crippen molar-refractivity contribution in [2.75, 3.05) is 12.4 Å². The minimum atomic E-state index is -0.187. The highest BCUT2D eigenvalue weighted by Gasteiger charge is 2.23. The summed E-state index contributed by atoms with van der Waals surface area (Å²) in [7, 11) is 1.59. The first-order chi connectivity index (χ1) is 8.60. The molecular weight excluding hydrogens is 230 g/mol. The van der Waals surface area contributed by atoms with Crippen molar-refractivity contribution < 1.29 is 9.59 Å². The van der Waals surface area contributed by atoms with Gasteiger partial charge in [-0.25, -0.2) is 4.79 Å². The Kier molecular flexibility index (Phi) is 3.50. The lowest BCUT2D eigenvalue weighted by Gasteiger charge is -2.10. The highest BCUT2D eigenvalue weighted by molar-refractivity contribution is 5.96. The molecule has 5 nitrogen and oxygen atoms in total. The van der Waals surface area contributed by atoms with Crippen LogP contribution in [0, 0.1) is 6.92 Å². The van der Waals surface area contributed by atoms with E-state index in [-0.39, 0.29) is 11.9 Å². The van der Waals surface area contributed by atoms with Crippen LogP contribution in [0.1, 0.15) is 28.8 Å². The molecule has 0 aromatic heterocycles. The molecular formula is C13H17N3O2. The first-order valence-electron chi connectivity index (χ1n) is 6.00. The van der Waals surface area contributed by atoms with E-state index in [1.807, 2.05) is 6.92 Å². The summed E-state index contributed by atoms with van der Waals surface area (Å²) in [6, 6.07) is 5.33. The van der Waals surface area contributed by atoms with Gasteiger partial charge in [-0.1, -0.05) is 0 Å². The number of aryl methyl sites for hydroxylation is 1. The molecule has 1 aliphatic carbocycles. The van der Waals surface area contributed by atoms with Crippen molar-refractivity contribution in [1.82, 2.24) is 10.6 Å². The van der Waals surface area contributed by atoms with Crippen LogP contribution >= 0.6 is 0 Å². The van der Waals surface area contributed by atoms with Crippen molar-refractivity contribution in [2.45, 2.75) is 25.8 Å². The molecule has 0 spiro atoms. The lowest BCUT2D eigenvalue weighted by atomic mass is 10.1. The molecule has 0 radical (unpaired) electrons. The summed E-state index contributed by atoms with van der Waals surface area (Å²) in [6.45, 7) is 1.86. The summed E-state index contributed by atoms with van der Waals surface area (Å²) >= 11 is 0. The summed E-state index contributed by atoms with van der Waals surface area (Å²) < 4.78 is 0. The number of amides is 3. The molecule has 0 saturated heterocycles. The Morgan fingerprint density at radius 2 is 2.00 bits per heavy atom. The van der Waals surface area contributed by atoms with Crippen LogP contribution in [-0.2, 0) is 0 Å². The third kappa shape index (κ3) is 3.00. The van der Waals surface area contributed by atoms with Crippen LogP contribution in [0.4, 0.5) is 10.5 Å². The normalized spacial score (nSPS) is 13.9. The van der Waals surface area contributed by atoms with Gasteiger partial charge in [0.05, 0.1) is 0 Å². The molecule has 5 heteroatoms. The van der Waals surface area contributed by atoms with Gasteiger partial charge in [0.15, 0.2) is 0 Å². The van der Waals surface area contributed by atoms with Crippen LogP contribution < -0.4 is 16.0 Å². The number of anilines is 1. The average Bonchev–Trinajstić information content (AvgIpc) is 3.14. The number of rotatable bonds is 3. The highest BCUT2D eigenvalue weighted by Crippen LogP contribution is 2.20. The van der Waals surface area contributed by atoms with Gasteiger partial charge in [-0.3, -0.25) is 4.79 Å². The number of hydrogen-bond donors (Lipinski definition) is 3. The second-order valence-corrected chi connectivity index (χ2v) is 4.48. The Balaban J connectivity index is 2.04. The zero-order valence-corrected chi connectivity index (χ0v) is 10.5. The van der Waals surface area contributed by atoms with Gasteiger partial charge in [-0.15, -0.1) is 0 Å². The molecule has 0 aliphatic heterocycles. The van der Waals surface area contributed by atoms with Crippen molar-refractivity contribution >= 4 is 17.6 Å². The number of benzene rings is 1. The van der Waals surface area contributed by atoms with Crippen molar-refractivity contribution in [2.24, 2.45) is 0 Å². The Labute approximate surface area is 106 Å². The van der Waals surface area contributed by atoms with Crippen LogP contribution in [0.5, 0.6) is 0 Å². The minimum Gasteiger partial charge on any atom is -0.355 e. The van der Waals surface area contributed by atoms with Gasteiger partial charge >= 0.3 is 6.03 Å². The smallest absolute Gasteiger partial charge is 0.319 e. The topological polar surface area (TPSA) is 70.2 Å². The summed E-state index contributed by atoms with van der Waals surface area (Å²) in [5, 5.41) is 8.20. The molecule has 1 fully saturated rings. The van der Waals surface area contributed by atoms with E-state index in [0.29, 0.717) is 11.6 Å². The molecule has 0 bridgehead atoms. The predicted molar refractivity (Wildman–Crippen MR) is 69.7 cm³/mol. The second kappa shape index (κ2) is 5.08. The minimum absolute atomic E-state index is 0.132. The van der Waals surface area contributed by atoms with E-state index in [1.54, 1.807) is 25.2 Å². The third-order valence-corrected chi connectivity index (χ3v) is 2.88. The van der Waals surface area contributed by atoms with Gasteiger partial charge in [-0.2, -0.15) is 0 Å². The second-order valence-electron chi connectivity index (χ2n) is 4.48. The monoisotopic (exact) mass is 247 g/mol. The molecule has 0 atom stereocenters. The van der Waals surface area contributed by atoms with E-state index in [2.05, 4.69) is 16.0 Å². The zero-order valence-electron chi connectivity index (χ0n) is 10.5. The molecule has 3 N–H and O–H groups in total. The van der Waals surface area contributed by atoms with Crippen LogP contribution in [0.25, 0.3) is 0 Å². The van der Waals surface area contributed by atoms with E-state index < -0.39 is 0 Å². The number of nitrogens with one attached hydrogen (secondary N) is 3. The molecule has 2 rings (SSSR count). The van der Waals surface area contributed by atoms with Crippen molar-refractivity contribution in [3.8, 4) is 0 Å². The number of carbonyl (C=O) groups excluding carboxylic acids is 2. The maximum absolute atomic E-state index is 11.6. The fourth-order valence-corrected chi connectivity index (χ4v) is 1.66. The van der Waals surface area contributed by atoms with Gasteiger partial charge in [0.1, 0.15) is 0 Å². The molecule has 1 aliphatic rings. The predicted octanol–water partition coefficient (Wildman–Crippen LogP) is 1.64. The fourth-order valence-electron chi connectivity index (χ4n) is 1.66. The quantitative estimate of drug-likeness (QED) is 0.760. The first-order valence-corrected chi connectivity index (χ1v) is 6.00. The SMILES string of the molecule is CNC(=O)c1ccc(NC(=O)NC2CC2)c(C)c1. The van der Waals surface area contributed by atoms with Crippen LogP contribution in [0.2, 0.25) is 0 Å². The summed E-state index contributed by atoms with van der Waals surface area (Å²) in [4.78, 5) is 23.0. The lowest BCUT2D eigenvalue weighted by molar-refractivity contribution is 0.0963. The van der Waals surface area contributed by atoms with E-state index >= 15 is 0 Å². The van der Waals surface area contributed by atoms with Crippen LogP contribution in [0.3, 0.4) is 0 Å². The maximum atomic E-state index is 11.6. The van der Waals surface area contributed by atoms with E-state index in [4.69, 9.17) is 0 Å². The molecule has 1 saturated carbocycles. The van der Waals surface area contributed by atoms with Crippen LogP contribution in [0.15, 0.2) is 18.2 Å². The van der Waals surface area contributed by atoms with E-state index in [0.717, 1.165) is 24.1 Å². The van der Waals surface area contributed by atoms with Gasteiger partial charge in [0.2, 0.25) is 0 Å². The first kappa shape index (κ1) is 12.4. The number of carbonyl (C=O) groups is 2. The Morgan fingerprint density at radius 3 is 2.56 bits per heavy atom. The summed E-state index contributed by atoms with van der Waals surface area (Å²) in [6.07, 6.45) is 2.12. The standard InChI is InChI=1S/C13H17N3O2/c1-8-7-9(12(17)14-2)3-6-11(8)16-13(18)15-10-4-5-10/h3,6-7,10H,4-5H2,1-2H3,(H,14,17)(H2,15,16,18). The fraction of sp³-hybridized carbons (Fsp3) is 0.385. The molecule has 3 amide bonds. The van der Waals surface area contributed by atoms with Crippen molar-refractivity contribution in [3.05, 3.63) is 29.3 Å². The van der Waals surface area contributed by atoms with Gasteiger partial charge in [0.25, 0.3) is 5.91 Å². The molecule has 18 heavy (non-hydrogen) atoms. The number of hydrogen-bond acceptors (Lipinski definition) is 2. The highest BCUT2D eigenvalue weighted by atomic mass is 16.2. The van der Waals surface area contributed by atoms with Crippen molar-refractivity contribution in [1.29, 1.82) is 0 Å². The Bertz CT molecular complexity index is 481. The molecule has 1 aromatic rings. The molecule has 1 aromatic carbocycles. The van der Waals surface area contributed by atoms with E-state index in [1.165, 1.54) is 0 Å². The average molecular weight is 247 g/mol. The van der Waals surface area contributed by atoms with E-state index in [9.17, 15) is 9.59 Å². The van der Waals surface area contributed by atoms with Gasteiger partial charge in [0, 0.05) is 24.3 Å². The number of urea groups is 1. The van der Waals surface area contributed by atoms with Gasteiger partial charge in [-0.05, 0) is 43.5 Å².